The maximum absolute atomic E-state index is 12.7. The lowest BCUT2D eigenvalue weighted by molar-refractivity contribution is -0.137. The van der Waals surface area contributed by atoms with Crippen molar-refractivity contribution in [2.75, 3.05) is 5.32 Å². The van der Waals surface area contributed by atoms with Gasteiger partial charge < -0.3 is 16.0 Å². The fraction of sp³-hybridized carbons (Fsp3) is 0.368. The molecule has 27 heavy (non-hydrogen) atoms. The van der Waals surface area contributed by atoms with E-state index in [0.29, 0.717) is 5.69 Å². The molecule has 0 amide bonds. The lowest BCUT2D eigenvalue weighted by Gasteiger charge is -2.24. The molecule has 2 aromatic rings. The molecule has 1 heterocycles. The normalized spacial score (nSPS) is 16.3. The van der Waals surface area contributed by atoms with Gasteiger partial charge in [-0.05, 0) is 43.2 Å². The Bertz CT molecular complexity index is 866. The number of aliphatic imine (C=N–C) groups is 1. The smallest absolute Gasteiger partial charge is 0.383 e. The van der Waals surface area contributed by atoms with E-state index in [0.717, 1.165) is 37.8 Å². The van der Waals surface area contributed by atoms with E-state index < -0.39 is 17.3 Å². The number of aromatic nitrogens is 1. The van der Waals surface area contributed by atoms with E-state index in [1.165, 1.54) is 24.8 Å². The molecule has 4 N–H and O–H groups in total. The predicted molar refractivity (Wildman–Crippen MR) is 99.4 cm³/mol. The minimum absolute atomic E-state index is 0.0464. The number of alkyl halides is 3. The number of anilines is 1. The van der Waals surface area contributed by atoms with Crippen LogP contribution in [0.5, 0.6) is 0 Å². The molecule has 0 atom stereocenters. The van der Waals surface area contributed by atoms with E-state index in [1.54, 1.807) is 6.07 Å². The number of nitrogens with one attached hydrogen (secondary N) is 2. The average Bonchev–Trinajstić information content (AvgIpc) is 2.62. The summed E-state index contributed by atoms with van der Waals surface area (Å²) in [6.07, 6.45) is 2.61. The number of hydrogen-bond donors (Lipinski definition) is 3. The first-order chi connectivity index (χ1) is 12.8. The number of pyridine rings is 1. The molecule has 0 unspecified atom stereocenters. The predicted octanol–water partition coefficient (Wildman–Crippen LogP) is 4.18. The average molecular weight is 378 g/mol. The molecular formula is C19H21F3N4O. The van der Waals surface area contributed by atoms with E-state index in [-0.39, 0.29) is 23.1 Å². The molecule has 1 aliphatic rings. The number of halogens is 3. The second-order valence-corrected chi connectivity index (χ2v) is 6.62. The van der Waals surface area contributed by atoms with Crippen LogP contribution in [-0.4, -0.2) is 16.9 Å². The van der Waals surface area contributed by atoms with E-state index >= 15 is 0 Å². The Balaban J connectivity index is 1.88. The Kier molecular flexibility index (Phi) is 5.53. The van der Waals surface area contributed by atoms with Crippen LogP contribution in [0.25, 0.3) is 0 Å². The van der Waals surface area contributed by atoms with Crippen molar-refractivity contribution in [3.8, 4) is 0 Å². The largest absolute Gasteiger partial charge is 0.416 e. The van der Waals surface area contributed by atoms with E-state index in [9.17, 15) is 18.0 Å². The third-order valence-electron chi connectivity index (χ3n) is 4.63. The van der Waals surface area contributed by atoms with Gasteiger partial charge in [-0.2, -0.15) is 13.2 Å². The minimum Gasteiger partial charge on any atom is -0.383 e. The topological polar surface area (TPSA) is 83.3 Å². The number of hydrogen-bond acceptors (Lipinski definition) is 3. The lowest BCUT2D eigenvalue weighted by atomic mass is 9.95. The van der Waals surface area contributed by atoms with Crippen LogP contribution in [0.2, 0.25) is 0 Å². The molecule has 0 spiro atoms. The SMILES string of the molecule is NC(=Nc1ccc(C(F)(F)F)cc1)c1c(NC2CCCCC2)cc[nH]c1=O. The Morgan fingerprint density at radius 2 is 1.78 bits per heavy atom. The third-order valence-corrected chi connectivity index (χ3v) is 4.63. The Labute approximate surface area is 154 Å². The van der Waals surface area contributed by atoms with Crippen molar-refractivity contribution in [1.82, 2.24) is 4.98 Å². The second-order valence-electron chi connectivity index (χ2n) is 6.62. The fourth-order valence-electron chi connectivity index (χ4n) is 3.24. The summed E-state index contributed by atoms with van der Waals surface area (Å²) < 4.78 is 38.0. The van der Waals surface area contributed by atoms with Gasteiger partial charge in [0.05, 0.1) is 16.9 Å². The van der Waals surface area contributed by atoms with Crippen molar-refractivity contribution in [2.45, 2.75) is 44.3 Å². The number of H-pyrrole nitrogens is 1. The van der Waals surface area contributed by atoms with Gasteiger partial charge in [-0.1, -0.05) is 19.3 Å². The minimum atomic E-state index is -4.42. The van der Waals surface area contributed by atoms with Crippen LogP contribution in [0.1, 0.15) is 43.2 Å². The number of nitrogens with zero attached hydrogens (tertiary/aromatic N) is 1. The first-order valence-corrected chi connectivity index (χ1v) is 8.84. The van der Waals surface area contributed by atoms with E-state index in [2.05, 4.69) is 15.3 Å². The van der Waals surface area contributed by atoms with Crippen LogP contribution < -0.4 is 16.6 Å². The van der Waals surface area contributed by atoms with Gasteiger partial charge in [0.15, 0.2) is 0 Å². The van der Waals surface area contributed by atoms with E-state index in [4.69, 9.17) is 5.73 Å². The van der Waals surface area contributed by atoms with Crippen molar-refractivity contribution in [2.24, 2.45) is 10.7 Å². The van der Waals surface area contributed by atoms with Crippen LogP contribution >= 0.6 is 0 Å². The number of nitrogens with two attached hydrogens (primary N) is 1. The van der Waals surface area contributed by atoms with E-state index in [1.807, 2.05) is 0 Å². The highest BCUT2D eigenvalue weighted by molar-refractivity contribution is 6.03. The molecule has 144 valence electrons. The van der Waals surface area contributed by atoms with Crippen LogP contribution in [0, 0.1) is 0 Å². The number of amidine groups is 1. The highest BCUT2D eigenvalue weighted by Crippen LogP contribution is 2.30. The molecule has 0 bridgehead atoms. The second kappa shape index (κ2) is 7.85. The quantitative estimate of drug-likeness (QED) is 0.551. The molecule has 0 radical (unpaired) electrons. The van der Waals surface area contributed by atoms with Crippen LogP contribution in [-0.2, 0) is 6.18 Å². The van der Waals surface area contributed by atoms with Crippen molar-refractivity contribution >= 4 is 17.2 Å². The van der Waals surface area contributed by atoms with Crippen LogP contribution in [0.3, 0.4) is 0 Å². The lowest BCUT2D eigenvalue weighted by Crippen LogP contribution is -2.29. The monoisotopic (exact) mass is 378 g/mol. The summed E-state index contributed by atoms with van der Waals surface area (Å²) in [4.78, 5) is 19.0. The Morgan fingerprint density at radius 1 is 1.11 bits per heavy atom. The molecule has 1 aliphatic carbocycles. The highest BCUT2D eigenvalue weighted by atomic mass is 19.4. The first-order valence-electron chi connectivity index (χ1n) is 8.84. The van der Waals surface area contributed by atoms with Gasteiger partial charge >= 0.3 is 6.18 Å². The van der Waals surface area contributed by atoms with Crippen molar-refractivity contribution in [3.05, 3.63) is 58.0 Å². The molecule has 5 nitrogen and oxygen atoms in total. The van der Waals surface area contributed by atoms with Gasteiger partial charge in [-0.15, -0.1) is 0 Å². The summed E-state index contributed by atoms with van der Waals surface area (Å²) in [6.45, 7) is 0. The maximum atomic E-state index is 12.7. The van der Waals surface area contributed by atoms with Crippen LogP contribution in [0.15, 0.2) is 46.3 Å². The van der Waals surface area contributed by atoms with Gasteiger partial charge in [0.25, 0.3) is 5.56 Å². The summed E-state index contributed by atoms with van der Waals surface area (Å²) in [6, 6.07) is 6.30. The van der Waals surface area contributed by atoms with Gasteiger partial charge in [0.2, 0.25) is 0 Å². The molecule has 1 saturated carbocycles. The summed E-state index contributed by atoms with van der Waals surface area (Å²) in [5.74, 6) is -0.0464. The van der Waals surface area contributed by atoms with Crippen molar-refractivity contribution < 1.29 is 13.2 Å². The Morgan fingerprint density at radius 3 is 2.41 bits per heavy atom. The molecule has 1 fully saturated rings. The van der Waals surface area contributed by atoms with Crippen molar-refractivity contribution in [1.29, 1.82) is 0 Å². The number of aromatic amines is 1. The molecule has 0 aliphatic heterocycles. The zero-order chi connectivity index (χ0) is 19.4. The third kappa shape index (κ3) is 4.69. The van der Waals surface area contributed by atoms with Crippen LogP contribution in [0.4, 0.5) is 24.5 Å². The zero-order valence-electron chi connectivity index (χ0n) is 14.6. The zero-order valence-corrected chi connectivity index (χ0v) is 14.6. The standard InChI is InChI=1S/C19H21F3N4O/c20-19(21,22)12-6-8-14(9-7-12)26-17(23)16-15(10-11-24-18(16)27)25-13-4-2-1-3-5-13/h6-11,13H,1-5H2,(H2,23,26)(H2,24,25,27). The summed E-state index contributed by atoms with van der Waals surface area (Å²) >= 11 is 0. The Hall–Kier alpha value is -2.77. The summed E-state index contributed by atoms with van der Waals surface area (Å²) in [7, 11) is 0. The number of benzene rings is 1. The maximum Gasteiger partial charge on any atom is 0.416 e. The van der Waals surface area contributed by atoms with Gasteiger partial charge in [0, 0.05) is 12.2 Å². The number of rotatable bonds is 4. The molecule has 0 saturated heterocycles. The molecule has 3 rings (SSSR count). The fourth-order valence-corrected chi connectivity index (χ4v) is 3.24. The molecule has 8 heteroatoms. The molecule has 1 aromatic carbocycles. The molecule has 1 aromatic heterocycles. The van der Waals surface area contributed by atoms with Gasteiger partial charge in [-0.25, -0.2) is 4.99 Å². The first kappa shape index (κ1) is 19.0. The van der Waals surface area contributed by atoms with Crippen molar-refractivity contribution in [3.63, 3.8) is 0 Å². The highest BCUT2D eigenvalue weighted by Gasteiger charge is 2.30. The van der Waals surface area contributed by atoms with Gasteiger partial charge in [0.1, 0.15) is 11.4 Å². The summed E-state index contributed by atoms with van der Waals surface area (Å²) in [5.41, 5.74) is 5.88. The van der Waals surface area contributed by atoms with Gasteiger partial charge in [-0.3, -0.25) is 4.79 Å². The summed E-state index contributed by atoms with van der Waals surface area (Å²) in [5, 5.41) is 3.36. The molecular weight excluding hydrogens is 357 g/mol.